The lowest BCUT2D eigenvalue weighted by atomic mass is 10.0. The van der Waals surface area contributed by atoms with Gasteiger partial charge in [0.25, 0.3) is 0 Å². The Morgan fingerprint density at radius 1 is 1.24 bits per heavy atom. The van der Waals surface area contributed by atoms with Crippen molar-refractivity contribution in [2.45, 2.75) is 44.0 Å². The molecule has 0 radical (unpaired) electrons. The maximum absolute atomic E-state index is 12.3. The molecule has 0 bridgehead atoms. The van der Waals surface area contributed by atoms with Crippen LogP contribution >= 0.6 is 12.4 Å². The van der Waals surface area contributed by atoms with Crippen LogP contribution in [0.25, 0.3) is 0 Å². The highest BCUT2D eigenvalue weighted by atomic mass is 35.5. The number of nitrogens with two attached hydrogens (primary N) is 1. The van der Waals surface area contributed by atoms with Crippen molar-refractivity contribution in [3.63, 3.8) is 0 Å². The smallest absolute Gasteiger partial charge is 0.240 e. The second-order valence-corrected chi connectivity index (χ2v) is 7.76. The van der Waals surface area contributed by atoms with Crippen LogP contribution in [0.5, 0.6) is 0 Å². The topological polar surface area (TPSA) is 72.2 Å². The Morgan fingerprint density at radius 3 is 2.24 bits per heavy atom. The van der Waals surface area contributed by atoms with E-state index >= 15 is 0 Å². The summed E-state index contributed by atoms with van der Waals surface area (Å²) in [7, 11) is -3.45. The van der Waals surface area contributed by atoms with Gasteiger partial charge in [0.15, 0.2) is 0 Å². The van der Waals surface area contributed by atoms with Crippen molar-refractivity contribution in [3.05, 3.63) is 29.8 Å². The van der Waals surface area contributed by atoms with Crippen LogP contribution in [0.1, 0.15) is 32.3 Å². The van der Waals surface area contributed by atoms with Crippen LogP contribution < -0.4 is 10.5 Å². The largest absolute Gasteiger partial charge is 0.329 e. The molecule has 0 saturated heterocycles. The molecule has 1 atom stereocenters. The maximum atomic E-state index is 12.3. The molecule has 0 spiro atoms. The highest BCUT2D eigenvalue weighted by Gasteiger charge is 2.33. The number of rotatable bonds is 7. The predicted molar refractivity (Wildman–Crippen MR) is 88.1 cm³/mol. The summed E-state index contributed by atoms with van der Waals surface area (Å²) in [5, 5.41) is 0. The minimum Gasteiger partial charge on any atom is -0.329 e. The van der Waals surface area contributed by atoms with Gasteiger partial charge in [-0.3, -0.25) is 0 Å². The Morgan fingerprint density at radius 2 is 1.81 bits per heavy atom. The van der Waals surface area contributed by atoms with Crippen LogP contribution in [-0.4, -0.2) is 21.0 Å². The van der Waals surface area contributed by atoms with Gasteiger partial charge in [0.2, 0.25) is 10.0 Å². The summed E-state index contributed by atoms with van der Waals surface area (Å²) in [4.78, 5) is 0.323. The second kappa shape index (κ2) is 7.58. The molecule has 0 amide bonds. The molecule has 6 heteroatoms. The maximum Gasteiger partial charge on any atom is 0.240 e. The Labute approximate surface area is 134 Å². The fourth-order valence-electron chi connectivity index (χ4n) is 2.38. The van der Waals surface area contributed by atoms with E-state index in [4.69, 9.17) is 5.73 Å². The number of hydrogen-bond acceptors (Lipinski definition) is 3. The predicted octanol–water partition coefficient (Wildman–Crippen LogP) is 2.32. The van der Waals surface area contributed by atoms with E-state index in [1.807, 2.05) is 12.1 Å². The van der Waals surface area contributed by atoms with Gasteiger partial charge in [-0.05, 0) is 48.8 Å². The van der Waals surface area contributed by atoms with Gasteiger partial charge in [0.1, 0.15) is 0 Å². The first-order valence-corrected chi connectivity index (χ1v) is 8.72. The Bertz CT molecular complexity index is 539. The van der Waals surface area contributed by atoms with Crippen molar-refractivity contribution in [3.8, 4) is 0 Å². The molecular weight excluding hydrogens is 308 g/mol. The summed E-state index contributed by atoms with van der Waals surface area (Å²) in [5.74, 6) is 0.974. The molecule has 4 nitrogen and oxygen atoms in total. The zero-order chi connectivity index (χ0) is 14.8. The van der Waals surface area contributed by atoms with E-state index < -0.39 is 10.0 Å². The monoisotopic (exact) mass is 332 g/mol. The Hall–Kier alpha value is -0.620. The summed E-state index contributed by atoms with van der Waals surface area (Å²) in [6.45, 7) is 4.65. The number of sulfonamides is 1. The van der Waals surface area contributed by atoms with Crippen molar-refractivity contribution in [2.24, 2.45) is 17.6 Å². The van der Waals surface area contributed by atoms with Crippen LogP contribution in [-0.2, 0) is 16.4 Å². The van der Waals surface area contributed by atoms with Gasteiger partial charge < -0.3 is 5.73 Å². The number of benzene rings is 1. The van der Waals surface area contributed by atoms with E-state index in [9.17, 15) is 8.42 Å². The summed E-state index contributed by atoms with van der Waals surface area (Å²) < 4.78 is 27.3. The van der Waals surface area contributed by atoms with Crippen molar-refractivity contribution in [1.29, 1.82) is 0 Å². The molecule has 0 aliphatic heterocycles. The van der Waals surface area contributed by atoms with Crippen LogP contribution in [0.2, 0.25) is 0 Å². The molecule has 1 aliphatic carbocycles. The third kappa shape index (κ3) is 5.25. The van der Waals surface area contributed by atoms with E-state index in [1.165, 1.54) is 0 Å². The first kappa shape index (κ1) is 18.4. The molecule has 21 heavy (non-hydrogen) atoms. The molecule has 1 unspecified atom stereocenters. The summed E-state index contributed by atoms with van der Waals surface area (Å²) >= 11 is 0. The fourth-order valence-corrected chi connectivity index (χ4v) is 3.70. The lowest BCUT2D eigenvalue weighted by Crippen LogP contribution is -2.41. The average Bonchev–Trinajstić information content (AvgIpc) is 3.20. The number of hydrogen-bond donors (Lipinski definition) is 2. The molecule has 1 fully saturated rings. The third-order valence-electron chi connectivity index (χ3n) is 3.63. The van der Waals surface area contributed by atoms with Gasteiger partial charge in [0, 0.05) is 12.6 Å². The first-order chi connectivity index (χ1) is 9.42. The summed E-state index contributed by atoms with van der Waals surface area (Å²) in [5.41, 5.74) is 6.81. The number of nitrogens with one attached hydrogen (secondary N) is 1. The van der Waals surface area contributed by atoms with Crippen LogP contribution in [0.3, 0.4) is 0 Å². The average molecular weight is 333 g/mol. The van der Waals surface area contributed by atoms with E-state index in [0.717, 1.165) is 24.8 Å². The zero-order valence-corrected chi connectivity index (χ0v) is 14.2. The van der Waals surface area contributed by atoms with E-state index in [1.54, 1.807) is 12.1 Å². The van der Waals surface area contributed by atoms with Crippen molar-refractivity contribution < 1.29 is 8.42 Å². The Kier molecular flexibility index (Phi) is 6.66. The van der Waals surface area contributed by atoms with Crippen LogP contribution in [0.4, 0.5) is 0 Å². The Balaban J connectivity index is 0.00000220. The van der Waals surface area contributed by atoms with Crippen molar-refractivity contribution in [2.75, 3.05) is 6.54 Å². The minimum atomic E-state index is -3.45. The first-order valence-electron chi connectivity index (χ1n) is 7.23. The number of halogens is 1. The molecule has 0 heterocycles. The van der Waals surface area contributed by atoms with Crippen molar-refractivity contribution >= 4 is 22.4 Å². The molecule has 3 N–H and O–H groups in total. The van der Waals surface area contributed by atoms with Gasteiger partial charge in [-0.25, -0.2) is 13.1 Å². The highest BCUT2D eigenvalue weighted by Crippen LogP contribution is 2.32. The molecule has 2 rings (SSSR count). The zero-order valence-electron chi connectivity index (χ0n) is 12.6. The van der Waals surface area contributed by atoms with Gasteiger partial charge >= 0.3 is 0 Å². The van der Waals surface area contributed by atoms with Crippen LogP contribution in [0.15, 0.2) is 29.2 Å². The summed E-state index contributed by atoms with van der Waals surface area (Å²) in [6, 6.07) is 7.02. The third-order valence-corrected chi connectivity index (χ3v) is 5.13. The lowest BCUT2D eigenvalue weighted by molar-refractivity contribution is 0.519. The molecular formula is C15H25ClN2O2S. The van der Waals surface area contributed by atoms with E-state index in [0.29, 0.717) is 23.3 Å². The molecule has 1 aliphatic rings. The SMILES string of the molecule is CC(C)Cc1ccc(S(=O)(=O)NC(CN)C2CC2)cc1.Cl. The second-order valence-electron chi connectivity index (χ2n) is 6.04. The van der Waals surface area contributed by atoms with E-state index in [2.05, 4.69) is 18.6 Å². The normalized spacial score (nSPS) is 16.6. The molecule has 1 saturated carbocycles. The molecule has 1 aromatic carbocycles. The quantitative estimate of drug-likeness (QED) is 0.805. The molecule has 120 valence electrons. The van der Waals surface area contributed by atoms with Crippen molar-refractivity contribution in [1.82, 2.24) is 4.72 Å². The lowest BCUT2D eigenvalue weighted by Gasteiger charge is -2.16. The molecule has 0 aromatic heterocycles. The molecule has 1 aromatic rings. The standard InChI is InChI=1S/C15H24N2O2S.ClH/c1-11(2)9-12-3-7-14(8-4-12)20(18,19)17-15(10-16)13-5-6-13;/h3-4,7-8,11,13,15,17H,5-6,9-10,16H2,1-2H3;1H. The highest BCUT2D eigenvalue weighted by molar-refractivity contribution is 7.89. The van der Waals surface area contributed by atoms with Gasteiger partial charge in [-0.1, -0.05) is 26.0 Å². The fraction of sp³-hybridized carbons (Fsp3) is 0.600. The van der Waals surface area contributed by atoms with Gasteiger partial charge in [0.05, 0.1) is 4.90 Å². The minimum absolute atomic E-state index is 0. The van der Waals surface area contributed by atoms with Gasteiger partial charge in [-0.15, -0.1) is 12.4 Å². The summed E-state index contributed by atoms with van der Waals surface area (Å²) in [6.07, 6.45) is 3.09. The van der Waals surface area contributed by atoms with E-state index in [-0.39, 0.29) is 18.4 Å². The van der Waals surface area contributed by atoms with Crippen LogP contribution in [0, 0.1) is 11.8 Å². The van der Waals surface area contributed by atoms with Gasteiger partial charge in [-0.2, -0.15) is 0 Å².